The Bertz CT molecular complexity index is 229. The van der Waals surface area contributed by atoms with Crippen LogP contribution in [0.2, 0.25) is 0 Å². The molecule has 0 bridgehead atoms. The fraction of sp³-hybridized carbons (Fsp3) is 0.909. The van der Waals surface area contributed by atoms with E-state index in [1.807, 2.05) is 22.9 Å². The van der Waals surface area contributed by atoms with E-state index in [2.05, 4.69) is 8.43 Å². The number of rotatable bonds is 2. The Balaban J connectivity index is 1.88. The van der Waals surface area contributed by atoms with Gasteiger partial charge in [0.2, 0.25) is 5.91 Å². The Morgan fingerprint density at radius 2 is 1.93 bits per heavy atom. The lowest BCUT2D eigenvalue weighted by Crippen LogP contribution is -2.45. The van der Waals surface area contributed by atoms with Crippen LogP contribution in [0.3, 0.4) is 0 Å². The van der Waals surface area contributed by atoms with Crippen molar-refractivity contribution in [1.82, 2.24) is 8.43 Å². The molecule has 4 heteroatoms. The van der Waals surface area contributed by atoms with Crippen molar-refractivity contribution in [2.45, 2.75) is 44.6 Å². The van der Waals surface area contributed by atoms with Gasteiger partial charge >= 0.3 is 0 Å². The molecule has 1 atom stereocenters. The smallest absolute Gasteiger partial charge is 0.232 e. The van der Waals surface area contributed by atoms with E-state index in [9.17, 15) is 4.79 Å². The Morgan fingerprint density at radius 1 is 1.20 bits per heavy atom. The highest BCUT2D eigenvalue weighted by Gasteiger charge is 2.30. The predicted molar refractivity (Wildman–Crippen MR) is 68.7 cm³/mol. The predicted octanol–water partition coefficient (Wildman–Crippen LogP) is 2.11. The lowest BCUT2D eigenvalue weighted by Gasteiger charge is -2.35. The van der Waals surface area contributed by atoms with Crippen molar-refractivity contribution in [2.75, 3.05) is 13.1 Å². The van der Waals surface area contributed by atoms with Crippen LogP contribution >= 0.6 is 22.9 Å². The summed E-state index contributed by atoms with van der Waals surface area (Å²) in [6, 6.07) is 0.773. The third-order valence-electron chi connectivity index (χ3n) is 3.76. The summed E-state index contributed by atoms with van der Waals surface area (Å²) in [7, 11) is 0. The summed E-state index contributed by atoms with van der Waals surface area (Å²) in [5.74, 6) is 0.453. The summed E-state index contributed by atoms with van der Waals surface area (Å²) < 4.78 is 2.75. The van der Waals surface area contributed by atoms with Gasteiger partial charge in [-0.2, -0.15) is 0 Å². The van der Waals surface area contributed by atoms with Crippen LogP contribution < -0.4 is 3.53 Å². The molecule has 1 heterocycles. The molecule has 1 saturated heterocycles. The highest BCUT2D eigenvalue weighted by atomic mass is 127. The van der Waals surface area contributed by atoms with Crippen molar-refractivity contribution in [3.63, 3.8) is 0 Å². The van der Waals surface area contributed by atoms with E-state index < -0.39 is 0 Å². The van der Waals surface area contributed by atoms with Crippen LogP contribution in [0.15, 0.2) is 0 Å². The lowest BCUT2D eigenvalue weighted by molar-refractivity contribution is -0.124. The Morgan fingerprint density at radius 3 is 2.60 bits per heavy atom. The second kappa shape index (κ2) is 5.48. The van der Waals surface area contributed by atoms with Crippen LogP contribution in [-0.4, -0.2) is 29.9 Å². The van der Waals surface area contributed by atoms with Crippen molar-refractivity contribution in [3.8, 4) is 0 Å². The monoisotopic (exact) mass is 322 g/mol. The number of amides is 1. The summed E-state index contributed by atoms with van der Waals surface area (Å²) in [5, 5.41) is 0. The molecule has 3 nitrogen and oxygen atoms in total. The van der Waals surface area contributed by atoms with E-state index in [-0.39, 0.29) is 11.8 Å². The number of carbonyl (C=O) groups is 1. The number of likely N-dealkylation sites (tertiary alicyclic amines) is 1. The van der Waals surface area contributed by atoms with E-state index in [0.29, 0.717) is 0 Å². The first-order valence-corrected chi connectivity index (χ1v) is 7.03. The fourth-order valence-corrected chi connectivity index (χ4v) is 3.34. The lowest BCUT2D eigenvalue weighted by atomic mass is 9.96. The van der Waals surface area contributed by atoms with Crippen molar-refractivity contribution in [2.24, 2.45) is 5.92 Å². The van der Waals surface area contributed by atoms with Gasteiger partial charge in [0.15, 0.2) is 0 Å². The fourth-order valence-electron chi connectivity index (χ4n) is 2.90. The summed E-state index contributed by atoms with van der Waals surface area (Å²) in [6.07, 6.45) is 7.70. The molecular formula is C11H19IN2O. The molecular weight excluding hydrogens is 303 g/mol. The van der Waals surface area contributed by atoms with Crippen molar-refractivity contribution in [1.29, 1.82) is 0 Å². The molecule has 0 aromatic rings. The Hall–Kier alpha value is 0.160. The number of hydrogen-bond donors (Lipinski definition) is 1. The van der Waals surface area contributed by atoms with Gasteiger partial charge < -0.3 is 0 Å². The highest BCUT2D eigenvalue weighted by molar-refractivity contribution is 14.1. The summed E-state index contributed by atoms with van der Waals surface area (Å²) >= 11 is 1.95. The van der Waals surface area contributed by atoms with E-state index in [1.165, 1.54) is 38.6 Å². The molecule has 2 aliphatic rings. The van der Waals surface area contributed by atoms with Gasteiger partial charge in [-0.15, -0.1) is 0 Å². The topological polar surface area (TPSA) is 32.3 Å². The molecule has 0 radical (unpaired) electrons. The SMILES string of the molecule is O=C(NI)[C@H]1CCCN(C2CCCC2)C1. The minimum Gasteiger partial charge on any atom is -0.300 e. The maximum atomic E-state index is 11.6. The third-order valence-corrected chi connectivity index (χ3v) is 4.29. The molecule has 1 saturated carbocycles. The van der Waals surface area contributed by atoms with Gasteiger partial charge in [0.1, 0.15) is 0 Å². The zero-order chi connectivity index (χ0) is 10.7. The van der Waals surface area contributed by atoms with Crippen molar-refractivity contribution >= 4 is 28.8 Å². The van der Waals surface area contributed by atoms with Gasteiger partial charge in [0.05, 0.1) is 28.8 Å². The second-order valence-corrected chi connectivity index (χ2v) is 5.27. The molecule has 0 aromatic heterocycles. The number of nitrogens with one attached hydrogen (secondary N) is 1. The quantitative estimate of drug-likeness (QED) is 0.624. The average Bonchev–Trinajstić information content (AvgIpc) is 2.82. The van der Waals surface area contributed by atoms with Gasteiger partial charge in [-0.25, -0.2) is 0 Å². The van der Waals surface area contributed by atoms with Gasteiger partial charge in [-0.3, -0.25) is 13.2 Å². The molecule has 0 unspecified atom stereocenters. The Labute approximate surface area is 105 Å². The first-order valence-electron chi connectivity index (χ1n) is 5.96. The first kappa shape index (κ1) is 11.6. The van der Waals surface area contributed by atoms with Crippen molar-refractivity contribution in [3.05, 3.63) is 0 Å². The largest absolute Gasteiger partial charge is 0.300 e. The molecule has 1 aliphatic heterocycles. The van der Waals surface area contributed by atoms with Crippen LogP contribution in [0.1, 0.15) is 38.5 Å². The maximum Gasteiger partial charge on any atom is 0.232 e. The molecule has 2 fully saturated rings. The van der Waals surface area contributed by atoms with Crippen LogP contribution in [0.4, 0.5) is 0 Å². The number of hydrogen-bond acceptors (Lipinski definition) is 2. The highest BCUT2D eigenvalue weighted by Crippen LogP contribution is 2.27. The van der Waals surface area contributed by atoms with Gasteiger partial charge in [-0.1, -0.05) is 12.8 Å². The minimum atomic E-state index is 0.221. The van der Waals surface area contributed by atoms with Gasteiger partial charge in [-0.05, 0) is 32.2 Å². The van der Waals surface area contributed by atoms with E-state index in [1.54, 1.807) is 0 Å². The standard InChI is InChI=1S/C11H19IN2O/c12-13-11(15)9-4-3-7-14(8-9)10-5-1-2-6-10/h9-10H,1-8H2,(H,13,15)/t9-/m0/s1. The zero-order valence-corrected chi connectivity index (χ0v) is 11.2. The molecule has 1 amide bonds. The molecule has 0 aromatic carbocycles. The summed E-state index contributed by atoms with van der Waals surface area (Å²) in [4.78, 5) is 14.1. The molecule has 1 aliphatic carbocycles. The number of halogens is 1. The zero-order valence-electron chi connectivity index (χ0n) is 9.04. The number of piperidine rings is 1. The molecule has 15 heavy (non-hydrogen) atoms. The average molecular weight is 322 g/mol. The maximum absolute atomic E-state index is 11.6. The van der Waals surface area contributed by atoms with Crippen LogP contribution in [-0.2, 0) is 4.79 Å². The van der Waals surface area contributed by atoms with Crippen LogP contribution in [0.25, 0.3) is 0 Å². The second-order valence-electron chi connectivity index (χ2n) is 4.73. The minimum absolute atomic E-state index is 0.221. The summed E-state index contributed by atoms with van der Waals surface area (Å²) in [5.41, 5.74) is 0. The van der Waals surface area contributed by atoms with Crippen LogP contribution in [0, 0.1) is 5.92 Å². The summed E-state index contributed by atoms with van der Waals surface area (Å²) in [6.45, 7) is 2.19. The van der Waals surface area contributed by atoms with E-state index >= 15 is 0 Å². The van der Waals surface area contributed by atoms with Gasteiger partial charge in [0.25, 0.3) is 0 Å². The van der Waals surface area contributed by atoms with Crippen molar-refractivity contribution < 1.29 is 4.79 Å². The number of nitrogens with zero attached hydrogens (tertiary/aromatic N) is 1. The van der Waals surface area contributed by atoms with Gasteiger partial charge in [0, 0.05) is 12.6 Å². The van der Waals surface area contributed by atoms with E-state index in [4.69, 9.17) is 0 Å². The molecule has 0 spiro atoms. The molecule has 1 N–H and O–H groups in total. The normalized spacial score (nSPS) is 29.3. The molecule has 86 valence electrons. The third kappa shape index (κ3) is 2.84. The molecule has 2 rings (SSSR count). The first-order chi connectivity index (χ1) is 7.31. The number of carbonyl (C=O) groups excluding carboxylic acids is 1. The van der Waals surface area contributed by atoms with Crippen LogP contribution in [0.5, 0.6) is 0 Å². The Kier molecular flexibility index (Phi) is 4.25. The van der Waals surface area contributed by atoms with E-state index in [0.717, 1.165) is 19.0 Å².